The lowest BCUT2D eigenvalue weighted by molar-refractivity contribution is -0.132. The van der Waals surface area contributed by atoms with Gasteiger partial charge in [-0.15, -0.1) is 0 Å². The van der Waals surface area contributed by atoms with Gasteiger partial charge in [-0.1, -0.05) is 80.9 Å². The third kappa shape index (κ3) is 5.90. The summed E-state index contributed by atoms with van der Waals surface area (Å²) < 4.78 is 0. The Morgan fingerprint density at radius 3 is 1.83 bits per heavy atom. The summed E-state index contributed by atoms with van der Waals surface area (Å²) in [5.41, 5.74) is 2.36. The Morgan fingerprint density at radius 2 is 1.39 bits per heavy atom. The van der Waals surface area contributed by atoms with Gasteiger partial charge in [0.25, 0.3) is 0 Å². The number of hydrogen-bond donors (Lipinski definition) is 0. The Hall–Kier alpha value is -2.09. The molecule has 122 valence electrons. The second-order valence-corrected chi connectivity index (χ2v) is 6.27. The average molecular weight is 309 g/mol. The highest BCUT2D eigenvalue weighted by atomic mass is 16.2. The van der Waals surface area contributed by atoms with Gasteiger partial charge in [0.1, 0.15) is 0 Å². The van der Waals surface area contributed by atoms with Crippen LogP contribution in [-0.4, -0.2) is 10.8 Å². The van der Waals surface area contributed by atoms with Crippen LogP contribution in [-0.2, 0) is 17.9 Å². The molecule has 0 fully saturated rings. The van der Waals surface area contributed by atoms with Crippen molar-refractivity contribution in [2.24, 2.45) is 5.92 Å². The smallest absolute Gasteiger partial charge is 0.223 e. The summed E-state index contributed by atoms with van der Waals surface area (Å²) in [5, 5.41) is 0. The predicted molar refractivity (Wildman–Crippen MR) is 95.8 cm³/mol. The molecule has 2 heteroatoms. The minimum absolute atomic E-state index is 0.248. The van der Waals surface area contributed by atoms with Gasteiger partial charge in [-0.05, 0) is 23.5 Å². The summed E-state index contributed by atoms with van der Waals surface area (Å²) in [7, 11) is 0. The number of nitrogens with zero attached hydrogens (tertiary/aromatic N) is 1. The van der Waals surface area contributed by atoms with E-state index in [0.717, 1.165) is 12.8 Å². The summed E-state index contributed by atoms with van der Waals surface area (Å²) in [6.07, 6.45) is 2.73. The number of hydrogen-bond acceptors (Lipinski definition) is 1. The molecule has 0 aliphatic rings. The Kier molecular flexibility index (Phi) is 6.86. The van der Waals surface area contributed by atoms with E-state index >= 15 is 0 Å². The van der Waals surface area contributed by atoms with Crippen LogP contribution >= 0.6 is 0 Å². The van der Waals surface area contributed by atoms with Crippen LogP contribution in [0.4, 0.5) is 0 Å². The van der Waals surface area contributed by atoms with Crippen molar-refractivity contribution in [2.45, 2.75) is 46.2 Å². The van der Waals surface area contributed by atoms with Gasteiger partial charge >= 0.3 is 0 Å². The molecule has 0 radical (unpaired) electrons. The Balaban J connectivity index is 2.05. The Morgan fingerprint density at radius 1 is 0.913 bits per heavy atom. The fourth-order valence-electron chi connectivity index (χ4n) is 2.57. The van der Waals surface area contributed by atoms with Crippen molar-refractivity contribution in [3.63, 3.8) is 0 Å². The van der Waals surface area contributed by atoms with E-state index in [4.69, 9.17) is 0 Å². The molecule has 0 spiro atoms. The Labute approximate surface area is 140 Å². The molecule has 2 aromatic rings. The van der Waals surface area contributed by atoms with Crippen molar-refractivity contribution in [2.75, 3.05) is 0 Å². The van der Waals surface area contributed by atoms with E-state index in [2.05, 4.69) is 38.1 Å². The number of carbonyl (C=O) groups is 1. The summed E-state index contributed by atoms with van der Waals surface area (Å²) in [6.45, 7) is 5.75. The second-order valence-electron chi connectivity index (χ2n) is 6.27. The molecule has 0 aliphatic heterocycles. The van der Waals surface area contributed by atoms with E-state index in [-0.39, 0.29) is 5.91 Å². The minimum atomic E-state index is 0.248. The zero-order chi connectivity index (χ0) is 16.5. The number of carbonyl (C=O) groups excluding carboxylic acids is 1. The number of amides is 1. The molecule has 0 unspecified atom stereocenters. The normalized spacial score (nSPS) is 11.9. The van der Waals surface area contributed by atoms with Gasteiger partial charge in [-0.2, -0.15) is 0 Å². The van der Waals surface area contributed by atoms with E-state index in [1.807, 2.05) is 41.3 Å². The van der Waals surface area contributed by atoms with Gasteiger partial charge in [0.2, 0.25) is 5.91 Å². The van der Waals surface area contributed by atoms with Gasteiger partial charge in [-0.3, -0.25) is 4.79 Å². The fourth-order valence-corrected chi connectivity index (χ4v) is 2.57. The third-order valence-electron chi connectivity index (χ3n) is 4.33. The number of rotatable bonds is 8. The molecule has 0 N–H and O–H groups in total. The first-order chi connectivity index (χ1) is 11.2. The zero-order valence-corrected chi connectivity index (χ0v) is 14.2. The zero-order valence-electron chi connectivity index (χ0n) is 14.2. The summed E-state index contributed by atoms with van der Waals surface area (Å²) in [4.78, 5) is 14.7. The first kappa shape index (κ1) is 17.3. The quantitative estimate of drug-likeness (QED) is 0.669. The van der Waals surface area contributed by atoms with Gasteiger partial charge in [0.15, 0.2) is 0 Å². The molecular formula is C21H27NO. The summed E-state index contributed by atoms with van der Waals surface area (Å²) >= 11 is 0. The van der Waals surface area contributed by atoms with Crippen molar-refractivity contribution < 1.29 is 4.79 Å². The SMILES string of the molecule is CC[C@@H](C)CCC(=O)N(Cc1ccccc1)Cc1ccccc1. The van der Waals surface area contributed by atoms with Crippen LogP contribution < -0.4 is 0 Å². The fraction of sp³-hybridized carbons (Fsp3) is 0.381. The minimum Gasteiger partial charge on any atom is -0.334 e. The highest BCUT2D eigenvalue weighted by molar-refractivity contribution is 5.76. The van der Waals surface area contributed by atoms with Crippen LogP contribution in [0.25, 0.3) is 0 Å². The van der Waals surface area contributed by atoms with E-state index < -0.39 is 0 Å². The first-order valence-electron chi connectivity index (χ1n) is 8.54. The van der Waals surface area contributed by atoms with Crippen LogP contribution in [0.3, 0.4) is 0 Å². The van der Waals surface area contributed by atoms with E-state index in [1.54, 1.807) is 0 Å². The van der Waals surface area contributed by atoms with Crippen molar-refractivity contribution in [1.82, 2.24) is 4.90 Å². The van der Waals surface area contributed by atoms with Gasteiger partial charge in [-0.25, -0.2) is 0 Å². The first-order valence-corrected chi connectivity index (χ1v) is 8.54. The average Bonchev–Trinajstić information content (AvgIpc) is 2.60. The summed E-state index contributed by atoms with van der Waals surface area (Å²) in [6, 6.07) is 20.5. The van der Waals surface area contributed by atoms with E-state index in [0.29, 0.717) is 25.4 Å². The molecule has 0 saturated heterocycles. The van der Waals surface area contributed by atoms with Gasteiger partial charge in [0, 0.05) is 19.5 Å². The van der Waals surface area contributed by atoms with Crippen LogP contribution in [0.2, 0.25) is 0 Å². The highest BCUT2D eigenvalue weighted by Crippen LogP contribution is 2.15. The van der Waals surface area contributed by atoms with E-state index in [1.165, 1.54) is 11.1 Å². The van der Waals surface area contributed by atoms with Crippen LogP contribution in [0, 0.1) is 5.92 Å². The van der Waals surface area contributed by atoms with Gasteiger partial charge in [0.05, 0.1) is 0 Å². The van der Waals surface area contributed by atoms with Crippen molar-refractivity contribution >= 4 is 5.91 Å². The van der Waals surface area contributed by atoms with Crippen LogP contribution in [0.15, 0.2) is 60.7 Å². The second kappa shape index (κ2) is 9.14. The highest BCUT2D eigenvalue weighted by Gasteiger charge is 2.15. The third-order valence-corrected chi connectivity index (χ3v) is 4.33. The molecule has 2 aromatic carbocycles. The number of benzene rings is 2. The maximum Gasteiger partial charge on any atom is 0.223 e. The lowest BCUT2D eigenvalue weighted by Crippen LogP contribution is -2.30. The maximum atomic E-state index is 12.7. The monoisotopic (exact) mass is 309 g/mol. The molecule has 1 atom stereocenters. The molecule has 0 aliphatic carbocycles. The molecule has 23 heavy (non-hydrogen) atoms. The van der Waals surface area contributed by atoms with Crippen LogP contribution in [0.5, 0.6) is 0 Å². The Bertz CT molecular complexity index is 538. The molecule has 0 bridgehead atoms. The molecule has 1 amide bonds. The van der Waals surface area contributed by atoms with Crippen molar-refractivity contribution in [3.8, 4) is 0 Å². The standard InChI is InChI=1S/C21H27NO/c1-3-18(2)14-15-21(23)22(16-19-10-6-4-7-11-19)17-20-12-8-5-9-13-20/h4-13,18H,3,14-17H2,1-2H3/t18-/m1/s1. The lowest BCUT2D eigenvalue weighted by Gasteiger charge is -2.24. The molecule has 0 saturated carbocycles. The lowest BCUT2D eigenvalue weighted by atomic mass is 10.0. The molecule has 0 aromatic heterocycles. The maximum absolute atomic E-state index is 12.7. The molecule has 2 rings (SSSR count). The molecular weight excluding hydrogens is 282 g/mol. The molecule has 2 nitrogen and oxygen atoms in total. The van der Waals surface area contributed by atoms with E-state index in [9.17, 15) is 4.79 Å². The topological polar surface area (TPSA) is 20.3 Å². The van der Waals surface area contributed by atoms with Crippen molar-refractivity contribution in [1.29, 1.82) is 0 Å². The largest absolute Gasteiger partial charge is 0.334 e. The van der Waals surface area contributed by atoms with Crippen molar-refractivity contribution in [3.05, 3.63) is 71.8 Å². The van der Waals surface area contributed by atoms with Crippen LogP contribution in [0.1, 0.15) is 44.2 Å². The van der Waals surface area contributed by atoms with Gasteiger partial charge < -0.3 is 4.90 Å². The molecule has 0 heterocycles. The summed E-state index contributed by atoms with van der Waals surface area (Å²) in [5.74, 6) is 0.854. The predicted octanol–water partition coefficient (Wildman–Crippen LogP) is 5.04.